The number of hydrogen-bond donors (Lipinski definition) is 1. The number of ether oxygens (including phenoxy) is 1. The van der Waals surface area contributed by atoms with E-state index in [2.05, 4.69) is 10.2 Å². The van der Waals surface area contributed by atoms with Crippen LogP contribution in [0.25, 0.3) is 0 Å². The van der Waals surface area contributed by atoms with E-state index in [0.29, 0.717) is 6.54 Å². The molecule has 0 saturated heterocycles. The molecule has 1 N–H and O–H groups in total. The molecule has 0 heterocycles. The molecule has 4 nitrogen and oxygen atoms in total. The van der Waals surface area contributed by atoms with Gasteiger partial charge in [0.25, 0.3) is 0 Å². The van der Waals surface area contributed by atoms with Crippen molar-refractivity contribution in [1.29, 1.82) is 0 Å². The third kappa shape index (κ3) is 6.86. The summed E-state index contributed by atoms with van der Waals surface area (Å²) in [6.45, 7) is 6.98. The smallest absolute Gasteiger partial charge is 0.222 e. The summed E-state index contributed by atoms with van der Waals surface area (Å²) in [6.07, 6.45) is 0. The van der Waals surface area contributed by atoms with Crippen molar-refractivity contribution in [3.63, 3.8) is 0 Å². The molecule has 0 atom stereocenters. The Balaban J connectivity index is 3.39. The van der Waals surface area contributed by atoms with Gasteiger partial charge in [0.2, 0.25) is 5.91 Å². The minimum Gasteiger partial charge on any atom is -0.383 e. The summed E-state index contributed by atoms with van der Waals surface area (Å²) in [5, 5.41) is 2.87. The van der Waals surface area contributed by atoms with Gasteiger partial charge < -0.3 is 15.0 Å². The lowest BCUT2D eigenvalue weighted by Crippen LogP contribution is -2.36. The standard InChI is InChI=1S/C10H22N2O2/c1-9(2)10(13)11-5-6-12(3)7-8-14-4/h9H,5-8H2,1-4H3,(H,11,13). The number of carbonyl (C=O) groups is 1. The van der Waals surface area contributed by atoms with Crippen molar-refractivity contribution in [3.8, 4) is 0 Å². The molecular formula is C10H22N2O2. The van der Waals surface area contributed by atoms with E-state index in [1.54, 1.807) is 7.11 Å². The molecule has 0 aromatic heterocycles. The van der Waals surface area contributed by atoms with Gasteiger partial charge in [-0.15, -0.1) is 0 Å². The van der Waals surface area contributed by atoms with Crippen molar-refractivity contribution in [2.45, 2.75) is 13.8 Å². The first-order chi connectivity index (χ1) is 6.57. The lowest BCUT2D eigenvalue weighted by molar-refractivity contribution is -0.124. The van der Waals surface area contributed by atoms with Crippen molar-refractivity contribution in [3.05, 3.63) is 0 Å². The van der Waals surface area contributed by atoms with E-state index in [1.165, 1.54) is 0 Å². The number of likely N-dealkylation sites (N-methyl/N-ethyl adjacent to an activating group) is 1. The largest absolute Gasteiger partial charge is 0.383 e. The van der Waals surface area contributed by atoms with Crippen LogP contribution in [-0.2, 0) is 9.53 Å². The molecule has 0 aliphatic heterocycles. The molecule has 0 saturated carbocycles. The monoisotopic (exact) mass is 202 g/mol. The van der Waals surface area contributed by atoms with Gasteiger partial charge >= 0.3 is 0 Å². The SMILES string of the molecule is COCCN(C)CCNC(=O)C(C)C. The van der Waals surface area contributed by atoms with Gasteiger partial charge in [0, 0.05) is 32.7 Å². The molecule has 14 heavy (non-hydrogen) atoms. The van der Waals surface area contributed by atoms with Crippen LogP contribution in [0.5, 0.6) is 0 Å². The fourth-order valence-electron chi connectivity index (χ4n) is 0.933. The van der Waals surface area contributed by atoms with Crippen LogP contribution in [-0.4, -0.2) is 51.2 Å². The third-order valence-corrected chi connectivity index (χ3v) is 1.99. The number of nitrogens with one attached hydrogen (secondary N) is 1. The van der Waals surface area contributed by atoms with Crippen molar-refractivity contribution in [2.24, 2.45) is 5.92 Å². The summed E-state index contributed by atoms with van der Waals surface area (Å²) in [7, 11) is 3.70. The van der Waals surface area contributed by atoms with Gasteiger partial charge in [0.1, 0.15) is 0 Å². The summed E-state index contributed by atoms with van der Waals surface area (Å²) in [5.74, 6) is 0.185. The molecule has 84 valence electrons. The number of hydrogen-bond acceptors (Lipinski definition) is 3. The maximum absolute atomic E-state index is 11.2. The molecule has 0 spiro atoms. The van der Waals surface area contributed by atoms with Gasteiger partial charge in [0.05, 0.1) is 6.61 Å². The fraction of sp³-hybridized carbons (Fsp3) is 0.900. The van der Waals surface area contributed by atoms with Gasteiger partial charge in [-0.05, 0) is 7.05 Å². The van der Waals surface area contributed by atoms with Crippen LogP contribution in [0, 0.1) is 5.92 Å². The normalized spacial score (nSPS) is 11.0. The van der Waals surface area contributed by atoms with Crippen molar-refractivity contribution in [2.75, 3.05) is 40.4 Å². The Hall–Kier alpha value is -0.610. The van der Waals surface area contributed by atoms with E-state index in [-0.39, 0.29) is 11.8 Å². The first-order valence-corrected chi connectivity index (χ1v) is 5.03. The topological polar surface area (TPSA) is 41.6 Å². The van der Waals surface area contributed by atoms with Crippen molar-refractivity contribution < 1.29 is 9.53 Å². The first kappa shape index (κ1) is 13.4. The van der Waals surface area contributed by atoms with Crippen LogP contribution in [0.1, 0.15) is 13.8 Å². The number of carbonyl (C=O) groups excluding carboxylic acids is 1. The highest BCUT2D eigenvalue weighted by atomic mass is 16.5. The zero-order chi connectivity index (χ0) is 11.0. The van der Waals surface area contributed by atoms with Gasteiger partial charge in [-0.25, -0.2) is 0 Å². The molecule has 1 amide bonds. The van der Waals surface area contributed by atoms with Gasteiger partial charge in [-0.2, -0.15) is 0 Å². The predicted octanol–water partition coefficient (Wildman–Crippen LogP) is 0.337. The number of nitrogens with zero attached hydrogens (tertiary/aromatic N) is 1. The van der Waals surface area contributed by atoms with Crippen molar-refractivity contribution in [1.82, 2.24) is 10.2 Å². The molecule has 0 unspecified atom stereocenters. The van der Waals surface area contributed by atoms with Gasteiger partial charge in [0.15, 0.2) is 0 Å². The van der Waals surface area contributed by atoms with Crippen molar-refractivity contribution >= 4 is 5.91 Å². The Kier molecular flexibility index (Phi) is 7.42. The molecule has 0 bridgehead atoms. The summed E-state index contributed by atoms with van der Waals surface area (Å²) in [5.41, 5.74) is 0. The summed E-state index contributed by atoms with van der Waals surface area (Å²) < 4.78 is 4.95. The number of amides is 1. The van der Waals surface area contributed by atoms with Gasteiger partial charge in [-0.1, -0.05) is 13.8 Å². The van der Waals surface area contributed by atoms with E-state index >= 15 is 0 Å². The zero-order valence-electron chi connectivity index (χ0n) is 9.67. The van der Waals surface area contributed by atoms with Crippen LogP contribution in [0.3, 0.4) is 0 Å². The molecular weight excluding hydrogens is 180 g/mol. The average Bonchev–Trinajstić information content (AvgIpc) is 2.14. The quantitative estimate of drug-likeness (QED) is 0.647. The molecule has 0 aliphatic rings. The second kappa shape index (κ2) is 7.76. The molecule has 0 aromatic carbocycles. The van der Waals surface area contributed by atoms with E-state index < -0.39 is 0 Å². The minimum atomic E-state index is 0.0688. The highest BCUT2D eigenvalue weighted by Crippen LogP contribution is 1.89. The molecule has 0 radical (unpaired) electrons. The molecule has 0 aromatic rings. The Morgan fingerprint density at radius 2 is 2.07 bits per heavy atom. The van der Waals surface area contributed by atoms with Gasteiger partial charge in [-0.3, -0.25) is 4.79 Å². The van der Waals surface area contributed by atoms with E-state index in [4.69, 9.17) is 4.74 Å². The molecule has 0 fully saturated rings. The summed E-state index contributed by atoms with van der Waals surface area (Å²) >= 11 is 0. The average molecular weight is 202 g/mol. The Morgan fingerprint density at radius 1 is 1.43 bits per heavy atom. The second-order valence-corrected chi connectivity index (χ2v) is 3.74. The highest BCUT2D eigenvalue weighted by molar-refractivity contribution is 5.77. The van der Waals surface area contributed by atoms with Crippen LogP contribution in [0.4, 0.5) is 0 Å². The van der Waals surface area contributed by atoms with Crippen LogP contribution < -0.4 is 5.32 Å². The summed E-state index contributed by atoms with van der Waals surface area (Å²) in [6, 6.07) is 0. The van der Waals surface area contributed by atoms with E-state index in [0.717, 1.165) is 19.7 Å². The van der Waals surface area contributed by atoms with E-state index in [1.807, 2.05) is 20.9 Å². The van der Waals surface area contributed by atoms with E-state index in [9.17, 15) is 4.79 Å². The first-order valence-electron chi connectivity index (χ1n) is 5.03. The molecule has 0 rings (SSSR count). The summed E-state index contributed by atoms with van der Waals surface area (Å²) in [4.78, 5) is 13.3. The van der Waals surface area contributed by atoms with Crippen LogP contribution in [0.2, 0.25) is 0 Å². The molecule has 0 aliphatic carbocycles. The Labute approximate surface area is 86.6 Å². The third-order valence-electron chi connectivity index (χ3n) is 1.99. The number of methoxy groups -OCH3 is 1. The highest BCUT2D eigenvalue weighted by Gasteiger charge is 2.05. The maximum Gasteiger partial charge on any atom is 0.222 e. The van der Waals surface area contributed by atoms with Crippen LogP contribution in [0.15, 0.2) is 0 Å². The lowest BCUT2D eigenvalue weighted by Gasteiger charge is -2.16. The molecule has 4 heteroatoms. The Morgan fingerprint density at radius 3 is 2.57 bits per heavy atom. The number of rotatable bonds is 7. The van der Waals surface area contributed by atoms with Crippen LogP contribution >= 0.6 is 0 Å². The lowest BCUT2D eigenvalue weighted by atomic mass is 10.2. The second-order valence-electron chi connectivity index (χ2n) is 3.74. The maximum atomic E-state index is 11.2. The Bertz CT molecular complexity index is 160. The fourth-order valence-corrected chi connectivity index (χ4v) is 0.933. The minimum absolute atomic E-state index is 0.0688. The predicted molar refractivity (Wildman–Crippen MR) is 57.2 cm³/mol. The zero-order valence-corrected chi connectivity index (χ0v) is 9.67.